The molecule has 0 saturated carbocycles. The minimum absolute atomic E-state index is 0.298. The van der Waals surface area contributed by atoms with Gasteiger partial charge in [-0.1, -0.05) is 6.92 Å². The fourth-order valence-electron chi connectivity index (χ4n) is 4.03. The molecule has 1 aromatic carbocycles. The number of carboxylic acid groups (broad SMARTS) is 1. The number of benzene rings is 1. The lowest BCUT2D eigenvalue weighted by molar-refractivity contribution is 0.0697. The molecule has 1 unspecified atom stereocenters. The van der Waals surface area contributed by atoms with E-state index in [4.69, 9.17) is 10.2 Å². The van der Waals surface area contributed by atoms with Crippen LogP contribution in [0.2, 0.25) is 0 Å². The summed E-state index contributed by atoms with van der Waals surface area (Å²) >= 11 is 0. The summed E-state index contributed by atoms with van der Waals surface area (Å²) in [6, 6.07) is 6.94. The molecule has 2 N–H and O–H groups in total. The van der Waals surface area contributed by atoms with E-state index >= 15 is 0 Å². The number of aromatic nitrogens is 2. The van der Waals surface area contributed by atoms with Crippen molar-refractivity contribution < 1.29 is 9.90 Å². The molecule has 1 aromatic heterocycles. The SMILES string of the molecule is CCN1CCCC(c2nn(-c3ccc(C(=O)O)cc3)c3c2CCN3)C1. The summed E-state index contributed by atoms with van der Waals surface area (Å²) in [5, 5.41) is 17.5. The zero-order valence-corrected chi connectivity index (χ0v) is 14.5. The third kappa shape index (κ3) is 2.91. The van der Waals surface area contributed by atoms with Gasteiger partial charge in [0.25, 0.3) is 0 Å². The van der Waals surface area contributed by atoms with E-state index in [1.165, 1.54) is 30.6 Å². The predicted molar refractivity (Wildman–Crippen MR) is 96.8 cm³/mol. The van der Waals surface area contributed by atoms with Crippen molar-refractivity contribution in [2.45, 2.75) is 32.1 Å². The largest absolute Gasteiger partial charge is 0.478 e. The highest BCUT2D eigenvalue weighted by molar-refractivity contribution is 5.87. The Kier molecular flexibility index (Phi) is 4.21. The molecular weight excluding hydrogens is 316 g/mol. The molecule has 2 aliphatic rings. The predicted octanol–water partition coefficient (Wildman–Crippen LogP) is 2.74. The molecule has 1 atom stereocenters. The highest BCUT2D eigenvalue weighted by Crippen LogP contribution is 2.36. The normalized spacial score (nSPS) is 20.3. The topological polar surface area (TPSA) is 70.4 Å². The zero-order chi connectivity index (χ0) is 17.4. The third-order valence-electron chi connectivity index (χ3n) is 5.38. The molecule has 0 radical (unpaired) electrons. The van der Waals surface area contributed by atoms with E-state index in [0.29, 0.717) is 11.5 Å². The molecule has 3 heterocycles. The summed E-state index contributed by atoms with van der Waals surface area (Å²) in [5.41, 5.74) is 3.77. The van der Waals surface area contributed by atoms with Crippen LogP contribution in [0, 0.1) is 0 Å². The van der Waals surface area contributed by atoms with Gasteiger partial charge in [-0.25, -0.2) is 9.48 Å². The lowest BCUT2D eigenvalue weighted by Crippen LogP contribution is -2.34. The van der Waals surface area contributed by atoms with Gasteiger partial charge in [0.1, 0.15) is 5.82 Å². The highest BCUT2D eigenvalue weighted by Gasteiger charge is 2.30. The Balaban J connectivity index is 1.69. The first-order valence-corrected chi connectivity index (χ1v) is 9.09. The number of anilines is 1. The van der Waals surface area contributed by atoms with Crippen LogP contribution in [0.3, 0.4) is 0 Å². The van der Waals surface area contributed by atoms with Gasteiger partial charge < -0.3 is 15.3 Å². The fraction of sp³-hybridized carbons (Fsp3) is 0.474. The summed E-state index contributed by atoms with van der Waals surface area (Å²) in [6.07, 6.45) is 3.43. The maximum Gasteiger partial charge on any atom is 0.335 e. The van der Waals surface area contributed by atoms with Crippen LogP contribution in [-0.4, -0.2) is 51.9 Å². The number of likely N-dealkylation sites (tertiary alicyclic amines) is 1. The van der Waals surface area contributed by atoms with E-state index in [0.717, 1.165) is 37.6 Å². The first kappa shape index (κ1) is 16.1. The van der Waals surface area contributed by atoms with E-state index < -0.39 is 5.97 Å². The maximum atomic E-state index is 11.1. The maximum absolute atomic E-state index is 11.1. The van der Waals surface area contributed by atoms with Gasteiger partial charge in [-0.3, -0.25) is 0 Å². The number of carboxylic acids is 1. The molecule has 1 saturated heterocycles. The van der Waals surface area contributed by atoms with Crippen molar-refractivity contribution in [2.75, 3.05) is 31.5 Å². The molecule has 132 valence electrons. The minimum atomic E-state index is -0.905. The van der Waals surface area contributed by atoms with E-state index in [9.17, 15) is 4.79 Å². The number of nitrogens with zero attached hydrogens (tertiary/aromatic N) is 3. The second-order valence-electron chi connectivity index (χ2n) is 6.89. The second kappa shape index (κ2) is 6.52. The Morgan fingerprint density at radius 3 is 2.88 bits per heavy atom. The van der Waals surface area contributed by atoms with Crippen LogP contribution in [0.1, 0.15) is 47.3 Å². The van der Waals surface area contributed by atoms with Gasteiger partial charge in [0, 0.05) is 24.6 Å². The van der Waals surface area contributed by atoms with Crippen LogP contribution in [0.4, 0.5) is 5.82 Å². The van der Waals surface area contributed by atoms with Crippen molar-refractivity contribution in [3.05, 3.63) is 41.1 Å². The highest BCUT2D eigenvalue weighted by atomic mass is 16.4. The average molecular weight is 340 g/mol. The Morgan fingerprint density at radius 2 is 2.16 bits per heavy atom. The van der Waals surface area contributed by atoms with Gasteiger partial charge in [-0.05, 0) is 56.6 Å². The molecule has 6 heteroatoms. The van der Waals surface area contributed by atoms with E-state index in [1.54, 1.807) is 12.1 Å². The van der Waals surface area contributed by atoms with Crippen molar-refractivity contribution in [3.63, 3.8) is 0 Å². The monoisotopic (exact) mass is 340 g/mol. The first-order valence-electron chi connectivity index (χ1n) is 9.09. The lowest BCUT2D eigenvalue weighted by Gasteiger charge is -2.31. The zero-order valence-electron chi connectivity index (χ0n) is 14.5. The number of fused-ring (bicyclic) bond motifs is 1. The molecule has 6 nitrogen and oxygen atoms in total. The molecule has 2 aliphatic heterocycles. The average Bonchev–Trinajstić information content (AvgIpc) is 3.24. The van der Waals surface area contributed by atoms with Crippen LogP contribution in [0.25, 0.3) is 5.69 Å². The summed E-state index contributed by atoms with van der Waals surface area (Å²) < 4.78 is 1.95. The Morgan fingerprint density at radius 1 is 1.36 bits per heavy atom. The van der Waals surface area contributed by atoms with Crippen molar-refractivity contribution in [1.82, 2.24) is 14.7 Å². The van der Waals surface area contributed by atoms with Crippen LogP contribution in [0.5, 0.6) is 0 Å². The molecule has 0 bridgehead atoms. The van der Waals surface area contributed by atoms with Crippen LogP contribution < -0.4 is 5.32 Å². The fourth-order valence-corrected chi connectivity index (χ4v) is 4.03. The minimum Gasteiger partial charge on any atom is -0.478 e. The van der Waals surface area contributed by atoms with Gasteiger partial charge in [0.15, 0.2) is 0 Å². The van der Waals surface area contributed by atoms with E-state index in [1.807, 2.05) is 16.8 Å². The van der Waals surface area contributed by atoms with Gasteiger partial charge in [0.2, 0.25) is 0 Å². The van der Waals surface area contributed by atoms with Crippen molar-refractivity contribution in [2.24, 2.45) is 0 Å². The second-order valence-corrected chi connectivity index (χ2v) is 6.89. The van der Waals surface area contributed by atoms with Crippen LogP contribution in [0.15, 0.2) is 24.3 Å². The quantitative estimate of drug-likeness (QED) is 0.895. The Hall–Kier alpha value is -2.34. The number of hydrogen-bond acceptors (Lipinski definition) is 4. The van der Waals surface area contributed by atoms with Gasteiger partial charge >= 0.3 is 5.97 Å². The molecule has 1 fully saturated rings. The number of piperidine rings is 1. The summed E-state index contributed by atoms with van der Waals surface area (Å²) in [4.78, 5) is 13.6. The molecular formula is C19H24N4O2. The smallest absolute Gasteiger partial charge is 0.335 e. The van der Waals surface area contributed by atoms with Crippen LogP contribution >= 0.6 is 0 Å². The summed E-state index contributed by atoms with van der Waals surface area (Å²) in [6.45, 7) is 6.52. The summed E-state index contributed by atoms with van der Waals surface area (Å²) in [5.74, 6) is 0.659. The van der Waals surface area contributed by atoms with Crippen molar-refractivity contribution in [3.8, 4) is 5.69 Å². The van der Waals surface area contributed by atoms with Crippen molar-refractivity contribution >= 4 is 11.8 Å². The molecule has 4 rings (SSSR count). The van der Waals surface area contributed by atoms with E-state index in [-0.39, 0.29) is 0 Å². The molecule has 25 heavy (non-hydrogen) atoms. The van der Waals surface area contributed by atoms with Crippen molar-refractivity contribution in [1.29, 1.82) is 0 Å². The first-order chi connectivity index (χ1) is 12.2. The standard InChI is InChI=1S/C19H24N4O2/c1-2-22-11-3-4-14(12-22)17-16-9-10-20-18(16)23(21-17)15-7-5-13(6-8-15)19(24)25/h5-8,14,20H,2-4,9-12H2,1H3,(H,24,25). The van der Waals surface area contributed by atoms with Gasteiger partial charge in [0.05, 0.1) is 16.9 Å². The Labute approximate surface area is 147 Å². The number of nitrogens with one attached hydrogen (secondary N) is 1. The number of aromatic carboxylic acids is 1. The number of likely N-dealkylation sites (N-methyl/N-ethyl adjacent to an activating group) is 1. The Bertz CT molecular complexity index is 781. The van der Waals surface area contributed by atoms with Gasteiger partial charge in [-0.15, -0.1) is 0 Å². The summed E-state index contributed by atoms with van der Waals surface area (Å²) in [7, 11) is 0. The van der Waals surface area contributed by atoms with E-state index in [2.05, 4.69) is 17.1 Å². The number of hydrogen-bond donors (Lipinski definition) is 2. The third-order valence-corrected chi connectivity index (χ3v) is 5.38. The molecule has 0 amide bonds. The number of carbonyl (C=O) groups is 1. The number of rotatable bonds is 4. The van der Waals surface area contributed by atoms with Gasteiger partial charge in [-0.2, -0.15) is 5.10 Å². The molecule has 0 spiro atoms. The molecule has 0 aliphatic carbocycles. The van der Waals surface area contributed by atoms with Crippen LogP contribution in [-0.2, 0) is 6.42 Å². The lowest BCUT2D eigenvalue weighted by atomic mass is 9.92. The molecule has 2 aromatic rings.